The summed E-state index contributed by atoms with van der Waals surface area (Å²) in [5, 5.41) is 0. The molecule has 0 bridgehead atoms. The Labute approximate surface area is 168 Å². The third-order valence-electron chi connectivity index (χ3n) is 5.95. The fraction of sp³-hybridized carbons (Fsp3) is 0.636. The molecule has 2 aliphatic heterocycles. The lowest BCUT2D eigenvalue weighted by atomic mass is 9.93. The summed E-state index contributed by atoms with van der Waals surface area (Å²) in [4.78, 5) is 30.8. The monoisotopic (exact) mass is 387 g/mol. The minimum atomic E-state index is -0.268. The number of benzene rings is 1. The van der Waals surface area contributed by atoms with Crippen LogP contribution in [0.1, 0.15) is 38.2 Å². The predicted molar refractivity (Wildman–Crippen MR) is 109 cm³/mol. The number of likely N-dealkylation sites (tertiary alicyclic amines) is 1. The van der Waals surface area contributed by atoms with Crippen molar-refractivity contribution < 1.29 is 14.3 Å². The molecule has 3 rings (SSSR count). The number of hydrogen-bond donors (Lipinski definition) is 0. The Balaban J connectivity index is 1.41. The molecule has 6 heteroatoms. The molecule has 1 aromatic rings. The van der Waals surface area contributed by atoms with E-state index in [-0.39, 0.29) is 17.9 Å². The average Bonchev–Trinajstić information content (AvgIpc) is 2.74. The van der Waals surface area contributed by atoms with Crippen molar-refractivity contribution in [3.05, 3.63) is 35.9 Å². The molecular formula is C22H33N3O3. The molecule has 2 aliphatic rings. The standard InChI is InChI=1S/C22H33N3O3/c1-3-28-22(27)25-15-13-24(14-16-25)21(26)20-9-11-23(12-10-20)17-18(2)19-7-5-4-6-8-19/h4-8,18,20H,3,9-17H2,1-2H3/t18-/m0/s1. The van der Waals surface area contributed by atoms with Gasteiger partial charge >= 0.3 is 6.09 Å². The van der Waals surface area contributed by atoms with Gasteiger partial charge in [0.25, 0.3) is 0 Å². The smallest absolute Gasteiger partial charge is 0.409 e. The zero-order valence-corrected chi connectivity index (χ0v) is 17.2. The number of carbonyl (C=O) groups excluding carboxylic acids is 2. The lowest BCUT2D eigenvalue weighted by Crippen LogP contribution is -2.53. The van der Waals surface area contributed by atoms with Crippen LogP contribution in [0.3, 0.4) is 0 Å². The molecule has 0 saturated carbocycles. The van der Waals surface area contributed by atoms with Crippen LogP contribution in [-0.4, -0.2) is 79.1 Å². The fourth-order valence-electron chi connectivity index (χ4n) is 4.22. The first-order chi connectivity index (χ1) is 13.6. The Morgan fingerprint density at radius 1 is 1.00 bits per heavy atom. The summed E-state index contributed by atoms with van der Waals surface area (Å²) in [6.45, 7) is 9.84. The van der Waals surface area contributed by atoms with Gasteiger partial charge in [0.2, 0.25) is 5.91 Å². The van der Waals surface area contributed by atoms with Gasteiger partial charge < -0.3 is 19.4 Å². The van der Waals surface area contributed by atoms with Crippen molar-refractivity contribution in [1.82, 2.24) is 14.7 Å². The Hall–Kier alpha value is -2.08. The lowest BCUT2D eigenvalue weighted by Gasteiger charge is -2.38. The molecule has 0 aliphatic carbocycles. The van der Waals surface area contributed by atoms with Gasteiger partial charge in [-0.1, -0.05) is 37.3 Å². The topological polar surface area (TPSA) is 53.1 Å². The molecule has 0 N–H and O–H groups in total. The molecule has 6 nitrogen and oxygen atoms in total. The lowest BCUT2D eigenvalue weighted by molar-refractivity contribution is -0.138. The van der Waals surface area contributed by atoms with Gasteiger partial charge in [-0.25, -0.2) is 4.79 Å². The summed E-state index contributed by atoms with van der Waals surface area (Å²) in [5.41, 5.74) is 1.38. The van der Waals surface area contributed by atoms with Crippen molar-refractivity contribution in [1.29, 1.82) is 0 Å². The maximum absolute atomic E-state index is 12.9. The van der Waals surface area contributed by atoms with Crippen LogP contribution in [0.15, 0.2) is 30.3 Å². The van der Waals surface area contributed by atoms with Crippen molar-refractivity contribution >= 4 is 12.0 Å². The number of ether oxygens (including phenoxy) is 1. The minimum Gasteiger partial charge on any atom is -0.450 e. The Bertz CT molecular complexity index is 636. The Morgan fingerprint density at radius 3 is 2.21 bits per heavy atom. The van der Waals surface area contributed by atoms with Crippen LogP contribution in [0.25, 0.3) is 0 Å². The first-order valence-electron chi connectivity index (χ1n) is 10.6. The van der Waals surface area contributed by atoms with Crippen LogP contribution in [0, 0.1) is 5.92 Å². The van der Waals surface area contributed by atoms with Crippen LogP contribution in [0.5, 0.6) is 0 Å². The number of rotatable bonds is 5. The zero-order valence-electron chi connectivity index (χ0n) is 17.2. The van der Waals surface area contributed by atoms with Crippen molar-refractivity contribution in [2.75, 3.05) is 52.4 Å². The third-order valence-corrected chi connectivity index (χ3v) is 5.95. The first-order valence-corrected chi connectivity index (χ1v) is 10.6. The van der Waals surface area contributed by atoms with E-state index in [1.54, 1.807) is 4.90 Å². The van der Waals surface area contributed by atoms with Gasteiger partial charge in [0.05, 0.1) is 6.61 Å². The normalized spacial score (nSPS) is 20.1. The molecule has 1 aromatic carbocycles. The highest BCUT2D eigenvalue weighted by Gasteiger charge is 2.31. The molecule has 28 heavy (non-hydrogen) atoms. The van der Waals surface area contributed by atoms with Gasteiger partial charge in [0.15, 0.2) is 0 Å². The first kappa shape index (κ1) is 20.6. The Kier molecular flexibility index (Phi) is 7.31. The molecule has 0 unspecified atom stereocenters. The van der Waals surface area contributed by atoms with E-state index in [1.807, 2.05) is 11.8 Å². The third kappa shape index (κ3) is 5.25. The highest BCUT2D eigenvalue weighted by Crippen LogP contribution is 2.23. The van der Waals surface area contributed by atoms with E-state index in [0.29, 0.717) is 38.7 Å². The van der Waals surface area contributed by atoms with E-state index in [0.717, 1.165) is 32.5 Å². The highest BCUT2D eigenvalue weighted by molar-refractivity contribution is 5.79. The van der Waals surface area contributed by atoms with Crippen molar-refractivity contribution in [2.45, 2.75) is 32.6 Å². The summed E-state index contributed by atoms with van der Waals surface area (Å²) in [5.74, 6) is 0.890. The summed E-state index contributed by atoms with van der Waals surface area (Å²) < 4.78 is 5.05. The van der Waals surface area contributed by atoms with Crippen LogP contribution in [0.4, 0.5) is 4.79 Å². The van der Waals surface area contributed by atoms with E-state index in [4.69, 9.17) is 4.74 Å². The minimum absolute atomic E-state index is 0.123. The fourth-order valence-corrected chi connectivity index (χ4v) is 4.22. The van der Waals surface area contributed by atoms with Crippen LogP contribution < -0.4 is 0 Å². The van der Waals surface area contributed by atoms with E-state index in [1.165, 1.54) is 5.56 Å². The molecule has 2 saturated heterocycles. The van der Waals surface area contributed by atoms with Gasteiger partial charge in [-0.15, -0.1) is 0 Å². The largest absolute Gasteiger partial charge is 0.450 e. The van der Waals surface area contributed by atoms with Crippen molar-refractivity contribution in [2.24, 2.45) is 5.92 Å². The summed E-state index contributed by atoms with van der Waals surface area (Å²) >= 11 is 0. The quantitative estimate of drug-likeness (QED) is 0.780. The molecular weight excluding hydrogens is 354 g/mol. The van der Waals surface area contributed by atoms with Crippen molar-refractivity contribution in [3.8, 4) is 0 Å². The molecule has 1 atom stereocenters. The molecule has 0 aromatic heterocycles. The number of piperidine rings is 1. The Morgan fingerprint density at radius 2 is 1.61 bits per heavy atom. The van der Waals surface area contributed by atoms with E-state index >= 15 is 0 Å². The molecule has 2 amide bonds. The van der Waals surface area contributed by atoms with Gasteiger partial charge in [-0.2, -0.15) is 0 Å². The molecule has 2 heterocycles. The number of carbonyl (C=O) groups is 2. The number of amides is 2. The van der Waals surface area contributed by atoms with Gasteiger partial charge in [0, 0.05) is 38.6 Å². The highest BCUT2D eigenvalue weighted by atomic mass is 16.6. The van der Waals surface area contributed by atoms with Gasteiger partial charge in [0.1, 0.15) is 0 Å². The molecule has 0 radical (unpaired) electrons. The van der Waals surface area contributed by atoms with Gasteiger partial charge in [-0.3, -0.25) is 4.79 Å². The summed E-state index contributed by atoms with van der Waals surface area (Å²) in [6.07, 6.45) is 1.59. The van der Waals surface area contributed by atoms with Gasteiger partial charge in [-0.05, 0) is 44.3 Å². The molecule has 2 fully saturated rings. The number of piperazine rings is 1. The molecule has 154 valence electrons. The van der Waals surface area contributed by atoms with Crippen LogP contribution >= 0.6 is 0 Å². The maximum Gasteiger partial charge on any atom is 0.409 e. The average molecular weight is 388 g/mol. The number of nitrogens with zero attached hydrogens (tertiary/aromatic N) is 3. The second kappa shape index (κ2) is 9.92. The maximum atomic E-state index is 12.9. The SMILES string of the molecule is CCOC(=O)N1CCN(C(=O)C2CCN(C[C@H](C)c3ccccc3)CC2)CC1. The summed E-state index contributed by atoms with van der Waals surface area (Å²) in [7, 11) is 0. The van der Waals surface area contributed by atoms with Crippen LogP contribution in [-0.2, 0) is 9.53 Å². The second-order valence-electron chi connectivity index (χ2n) is 7.90. The molecule has 0 spiro atoms. The van der Waals surface area contributed by atoms with E-state index < -0.39 is 0 Å². The number of hydrogen-bond acceptors (Lipinski definition) is 4. The van der Waals surface area contributed by atoms with E-state index in [9.17, 15) is 9.59 Å². The van der Waals surface area contributed by atoms with E-state index in [2.05, 4.69) is 42.2 Å². The zero-order chi connectivity index (χ0) is 19.9. The van der Waals surface area contributed by atoms with Crippen molar-refractivity contribution in [3.63, 3.8) is 0 Å². The second-order valence-corrected chi connectivity index (χ2v) is 7.90. The van der Waals surface area contributed by atoms with Crippen LogP contribution in [0.2, 0.25) is 0 Å². The summed E-state index contributed by atoms with van der Waals surface area (Å²) in [6, 6.07) is 10.6. The predicted octanol–water partition coefficient (Wildman–Crippen LogP) is 2.80.